The number of halogens is 1. The fourth-order valence-electron chi connectivity index (χ4n) is 3.04. The van der Waals surface area contributed by atoms with E-state index in [1.165, 1.54) is 0 Å². The van der Waals surface area contributed by atoms with Crippen LogP contribution in [0.3, 0.4) is 0 Å². The minimum absolute atomic E-state index is 0.445. The van der Waals surface area contributed by atoms with Gasteiger partial charge in [-0.2, -0.15) is 0 Å². The van der Waals surface area contributed by atoms with Crippen molar-refractivity contribution in [2.45, 2.75) is 19.1 Å². The molecule has 5 nitrogen and oxygen atoms in total. The van der Waals surface area contributed by atoms with Gasteiger partial charge in [-0.25, -0.2) is 9.37 Å². The highest BCUT2D eigenvalue weighted by molar-refractivity contribution is 5.64. The van der Waals surface area contributed by atoms with Gasteiger partial charge in [-0.3, -0.25) is 4.98 Å². The van der Waals surface area contributed by atoms with E-state index in [0.29, 0.717) is 19.5 Å². The van der Waals surface area contributed by atoms with Crippen molar-refractivity contribution >= 4 is 11.5 Å². The molecule has 1 aliphatic rings. The molecule has 25 heavy (non-hydrogen) atoms. The maximum atomic E-state index is 13.3. The second-order valence-corrected chi connectivity index (χ2v) is 6.25. The average Bonchev–Trinajstić information content (AvgIpc) is 3.30. The number of aromatic amines is 1. The molecule has 0 aliphatic carbocycles. The molecule has 2 N–H and O–H groups in total. The van der Waals surface area contributed by atoms with Crippen LogP contribution in [0.15, 0.2) is 55.1 Å². The van der Waals surface area contributed by atoms with Crippen molar-refractivity contribution in [3.05, 3.63) is 60.8 Å². The predicted molar refractivity (Wildman–Crippen MR) is 97.3 cm³/mol. The largest absolute Gasteiger partial charge is 0.378 e. The van der Waals surface area contributed by atoms with Gasteiger partial charge < -0.3 is 15.2 Å². The zero-order valence-corrected chi connectivity index (χ0v) is 13.8. The van der Waals surface area contributed by atoms with E-state index < -0.39 is 6.17 Å². The van der Waals surface area contributed by atoms with E-state index in [1.54, 1.807) is 12.4 Å². The Hall–Kier alpha value is -2.89. The van der Waals surface area contributed by atoms with E-state index in [4.69, 9.17) is 0 Å². The van der Waals surface area contributed by atoms with Crippen LogP contribution in [0.25, 0.3) is 11.1 Å². The quantitative estimate of drug-likeness (QED) is 0.746. The average molecular weight is 337 g/mol. The van der Waals surface area contributed by atoms with Gasteiger partial charge >= 0.3 is 0 Å². The zero-order valence-electron chi connectivity index (χ0n) is 13.8. The van der Waals surface area contributed by atoms with Crippen molar-refractivity contribution < 1.29 is 4.39 Å². The third-order valence-corrected chi connectivity index (χ3v) is 4.42. The van der Waals surface area contributed by atoms with Crippen molar-refractivity contribution in [1.82, 2.24) is 15.0 Å². The SMILES string of the molecule is F[C@@H]1CCN(c2ccc(-c3c[nH]c(CNc4cccnc4)c3)cn2)C1. The first kappa shape index (κ1) is 15.6. The van der Waals surface area contributed by atoms with Gasteiger partial charge in [0.05, 0.1) is 18.8 Å². The number of nitrogens with one attached hydrogen (secondary N) is 2. The van der Waals surface area contributed by atoms with Crippen molar-refractivity contribution in [1.29, 1.82) is 0 Å². The molecule has 6 heteroatoms. The first-order valence-electron chi connectivity index (χ1n) is 8.44. The molecule has 3 aromatic rings. The predicted octanol–water partition coefficient (Wildman–Crippen LogP) is 3.63. The number of hydrogen-bond acceptors (Lipinski definition) is 4. The van der Waals surface area contributed by atoms with E-state index in [9.17, 15) is 4.39 Å². The van der Waals surface area contributed by atoms with Crippen molar-refractivity contribution in [2.75, 3.05) is 23.3 Å². The Kier molecular flexibility index (Phi) is 4.33. The molecule has 0 saturated carbocycles. The number of rotatable bonds is 5. The number of aromatic nitrogens is 3. The maximum absolute atomic E-state index is 13.3. The van der Waals surface area contributed by atoms with Crippen LogP contribution in [-0.4, -0.2) is 34.2 Å². The van der Waals surface area contributed by atoms with Gasteiger partial charge in [0.15, 0.2) is 0 Å². The van der Waals surface area contributed by atoms with Crippen molar-refractivity contribution in [3.63, 3.8) is 0 Å². The highest BCUT2D eigenvalue weighted by Gasteiger charge is 2.22. The summed E-state index contributed by atoms with van der Waals surface area (Å²) < 4.78 is 13.3. The number of nitrogens with zero attached hydrogens (tertiary/aromatic N) is 3. The fraction of sp³-hybridized carbons (Fsp3) is 0.263. The molecular formula is C19H20FN5. The van der Waals surface area contributed by atoms with Gasteiger partial charge in [-0.05, 0) is 36.8 Å². The second-order valence-electron chi connectivity index (χ2n) is 6.25. The Bertz CT molecular complexity index is 815. The molecular weight excluding hydrogens is 317 g/mol. The highest BCUT2D eigenvalue weighted by atomic mass is 19.1. The third kappa shape index (κ3) is 3.63. The zero-order chi connectivity index (χ0) is 17.1. The van der Waals surface area contributed by atoms with E-state index in [0.717, 1.165) is 34.9 Å². The Morgan fingerprint density at radius 3 is 2.92 bits per heavy atom. The van der Waals surface area contributed by atoms with Crippen molar-refractivity contribution in [3.8, 4) is 11.1 Å². The Morgan fingerprint density at radius 2 is 2.20 bits per heavy atom. The van der Waals surface area contributed by atoms with Crippen LogP contribution in [0.4, 0.5) is 15.9 Å². The molecule has 1 atom stereocenters. The van der Waals surface area contributed by atoms with Crippen LogP contribution in [0.2, 0.25) is 0 Å². The summed E-state index contributed by atoms with van der Waals surface area (Å²) in [7, 11) is 0. The Balaban J connectivity index is 1.41. The molecule has 128 valence electrons. The van der Waals surface area contributed by atoms with Gasteiger partial charge in [0, 0.05) is 48.2 Å². The van der Waals surface area contributed by atoms with Crippen LogP contribution < -0.4 is 10.2 Å². The van der Waals surface area contributed by atoms with Gasteiger partial charge in [0.25, 0.3) is 0 Å². The Labute approximate surface area is 145 Å². The molecule has 0 spiro atoms. The van der Waals surface area contributed by atoms with Crippen LogP contribution in [0.1, 0.15) is 12.1 Å². The first-order chi connectivity index (χ1) is 12.3. The van der Waals surface area contributed by atoms with Crippen LogP contribution >= 0.6 is 0 Å². The van der Waals surface area contributed by atoms with Gasteiger partial charge in [-0.1, -0.05) is 0 Å². The minimum Gasteiger partial charge on any atom is -0.378 e. The smallest absolute Gasteiger partial charge is 0.128 e. The lowest BCUT2D eigenvalue weighted by Gasteiger charge is -2.16. The van der Waals surface area contributed by atoms with Gasteiger partial charge in [-0.15, -0.1) is 0 Å². The lowest BCUT2D eigenvalue weighted by Crippen LogP contribution is -2.20. The van der Waals surface area contributed by atoms with Crippen LogP contribution in [0.5, 0.6) is 0 Å². The monoisotopic (exact) mass is 337 g/mol. The molecule has 3 aromatic heterocycles. The summed E-state index contributed by atoms with van der Waals surface area (Å²) in [5.74, 6) is 0.845. The molecule has 1 fully saturated rings. The summed E-state index contributed by atoms with van der Waals surface area (Å²) in [5.41, 5.74) is 4.21. The minimum atomic E-state index is -0.735. The van der Waals surface area contributed by atoms with E-state index in [-0.39, 0.29) is 0 Å². The fourth-order valence-corrected chi connectivity index (χ4v) is 3.04. The summed E-state index contributed by atoms with van der Waals surface area (Å²) in [6.07, 6.45) is 7.24. The molecule has 0 radical (unpaired) electrons. The molecule has 0 aromatic carbocycles. The molecule has 1 aliphatic heterocycles. The van der Waals surface area contributed by atoms with Crippen molar-refractivity contribution in [2.24, 2.45) is 0 Å². The Morgan fingerprint density at radius 1 is 1.24 bits per heavy atom. The number of anilines is 2. The third-order valence-electron chi connectivity index (χ3n) is 4.42. The summed E-state index contributed by atoms with van der Waals surface area (Å²) in [6.45, 7) is 1.88. The van der Waals surface area contributed by atoms with Gasteiger partial charge in [0.2, 0.25) is 0 Å². The number of H-pyrrole nitrogens is 1. The molecule has 0 amide bonds. The topological polar surface area (TPSA) is 56.8 Å². The first-order valence-corrected chi connectivity index (χ1v) is 8.44. The van der Waals surface area contributed by atoms with Gasteiger partial charge in [0.1, 0.15) is 12.0 Å². The maximum Gasteiger partial charge on any atom is 0.128 e. The summed E-state index contributed by atoms with van der Waals surface area (Å²) in [6, 6.07) is 10.00. The van der Waals surface area contributed by atoms with Crippen LogP contribution in [0, 0.1) is 0 Å². The molecule has 0 unspecified atom stereocenters. The summed E-state index contributed by atoms with van der Waals surface area (Å²) in [5, 5.41) is 3.32. The standard InChI is InChI=1S/C19H20FN5/c20-16-5-7-25(13-16)19-4-3-14(9-24-19)15-8-18(22-10-15)12-23-17-2-1-6-21-11-17/h1-4,6,8-11,16,22-23H,5,7,12-13H2/t16-/m1/s1. The number of pyridine rings is 2. The molecule has 4 rings (SSSR count). The van der Waals surface area contributed by atoms with E-state index in [2.05, 4.69) is 26.3 Å². The molecule has 4 heterocycles. The molecule has 1 saturated heterocycles. The number of alkyl halides is 1. The van der Waals surface area contributed by atoms with Crippen LogP contribution in [-0.2, 0) is 6.54 Å². The lowest BCUT2D eigenvalue weighted by atomic mass is 10.1. The second kappa shape index (κ2) is 6.93. The normalized spacial score (nSPS) is 17.0. The highest BCUT2D eigenvalue weighted by Crippen LogP contribution is 2.24. The summed E-state index contributed by atoms with van der Waals surface area (Å²) >= 11 is 0. The number of hydrogen-bond donors (Lipinski definition) is 2. The summed E-state index contributed by atoms with van der Waals surface area (Å²) in [4.78, 5) is 13.9. The molecule has 0 bridgehead atoms. The van der Waals surface area contributed by atoms with E-state index in [1.807, 2.05) is 41.6 Å². The lowest BCUT2D eigenvalue weighted by molar-refractivity contribution is 0.364. The van der Waals surface area contributed by atoms with E-state index >= 15 is 0 Å².